The Labute approximate surface area is 125 Å². The van der Waals surface area contributed by atoms with Gasteiger partial charge in [-0.3, -0.25) is 9.59 Å². The number of amides is 2. The van der Waals surface area contributed by atoms with Crippen LogP contribution in [0.4, 0.5) is 5.69 Å². The largest absolute Gasteiger partial charge is 0.495 e. The van der Waals surface area contributed by atoms with E-state index >= 15 is 0 Å². The van der Waals surface area contributed by atoms with E-state index in [1.165, 1.54) is 0 Å². The van der Waals surface area contributed by atoms with E-state index in [0.29, 0.717) is 18.0 Å². The first-order valence-corrected chi connectivity index (χ1v) is 7.22. The van der Waals surface area contributed by atoms with Crippen LogP contribution in [-0.2, 0) is 9.59 Å². The Morgan fingerprint density at radius 1 is 1.38 bits per heavy atom. The highest BCUT2D eigenvalue weighted by Gasteiger charge is 2.27. The van der Waals surface area contributed by atoms with Gasteiger partial charge in [0.1, 0.15) is 5.75 Å². The van der Waals surface area contributed by atoms with Crippen LogP contribution in [0.5, 0.6) is 5.75 Å². The fourth-order valence-electron chi connectivity index (χ4n) is 2.63. The highest BCUT2D eigenvalue weighted by Crippen LogP contribution is 2.27. The molecule has 2 rings (SSSR count). The van der Waals surface area contributed by atoms with Crippen molar-refractivity contribution in [2.75, 3.05) is 25.5 Å². The second-order valence-corrected chi connectivity index (χ2v) is 5.50. The molecule has 1 aromatic rings. The van der Waals surface area contributed by atoms with Crippen molar-refractivity contribution in [3.63, 3.8) is 0 Å². The third kappa shape index (κ3) is 3.74. The Bertz CT molecular complexity index is 542. The molecule has 0 radical (unpaired) electrons. The number of methoxy groups -OCH3 is 1. The van der Waals surface area contributed by atoms with Crippen LogP contribution in [0.25, 0.3) is 0 Å². The first-order chi connectivity index (χ1) is 10.0. The van der Waals surface area contributed by atoms with E-state index in [1.54, 1.807) is 18.9 Å². The van der Waals surface area contributed by atoms with Gasteiger partial charge in [0.15, 0.2) is 0 Å². The average molecular weight is 290 g/mol. The number of nitrogens with one attached hydrogen (secondary N) is 1. The van der Waals surface area contributed by atoms with Crippen LogP contribution in [0, 0.1) is 12.8 Å². The normalized spacial score (nSPS) is 18.2. The molecule has 1 saturated heterocycles. The summed E-state index contributed by atoms with van der Waals surface area (Å²) < 4.78 is 5.27. The van der Waals surface area contributed by atoms with Gasteiger partial charge in [-0.1, -0.05) is 6.07 Å². The van der Waals surface area contributed by atoms with E-state index in [1.807, 2.05) is 25.1 Å². The summed E-state index contributed by atoms with van der Waals surface area (Å²) in [5.74, 6) is 0.464. The molecular weight excluding hydrogens is 268 g/mol. The molecule has 1 aromatic carbocycles. The van der Waals surface area contributed by atoms with Gasteiger partial charge >= 0.3 is 0 Å². The number of carbonyl (C=O) groups is 2. The average Bonchev–Trinajstić information content (AvgIpc) is 2.47. The molecule has 0 unspecified atom stereocenters. The molecule has 0 bridgehead atoms. The summed E-state index contributed by atoms with van der Waals surface area (Å²) in [6, 6.07) is 5.67. The van der Waals surface area contributed by atoms with Crippen molar-refractivity contribution in [2.24, 2.45) is 5.92 Å². The van der Waals surface area contributed by atoms with E-state index in [0.717, 1.165) is 24.9 Å². The minimum Gasteiger partial charge on any atom is -0.495 e. The van der Waals surface area contributed by atoms with Crippen LogP contribution in [-0.4, -0.2) is 36.9 Å². The predicted octanol–water partition coefficient (Wildman–Crippen LogP) is 2.20. The van der Waals surface area contributed by atoms with Crippen LogP contribution in [0.2, 0.25) is 0 Å². The van der Waals surface area contributed by atoms with Crippen molar-refractivity contribution in [3.8, 4) is 5.75 Å². The standard InChI is InChI=1S/C16H22N2O3/c1-11-6-7-15(21-3)14(9-11)17-16(20)13-5-4-8-18(10-13)12(2)19/h6-7,9,13H,4-5,8,10H2,1-3H3,(H,17,20)/t13-/m0/s1. The number of anilines is 1. The van der Waals surface area contributed by atoms with Gasteiger partial charge < -0.3 is 15.0 Å². The van der Waals surface area contributed by atoms with Crippen molar-refractivity contribution in [1.29, 1.82) is 0 Å². The van der Waals surface area contributed by atoms with Crippen LogP contribution < -0.4 is 10.1 Å². The second-order valence-electron chi connectivity index (χ2n) is 5.50. The van der Waals surface area contributed by atoms with E-state index in [2.05, 4.69) is 5.32 Å². The van der Waals surface area contributed by atoms with Crippen LogP contribution in [0.1, 0.15) is 25.3 Å². The minimum atomic E-state index is -0.159. The number of nitrogens with zero attached hydrogens (tertiary/aromatic N) is 1. The van der Waals surface area contributed by atoms with Gasteiger partial charge in [0, 0.05) is 20.0 Å². The van der Waals surface area contributed by atoms with Crippen LogP contribution in [0.3, 0.4) is 0 Å². The fraction of sp³-hybridized carbons (Fsp3) is 0.500. The maximum absolute atomic E-state index is 12.4. The zero-order valence-electron chi connectivity index (χ0n) is 12.8. The Balaban J connectivity index is 2.07. The molecule has 5 nitrogen and oxygen atoms in total. The minimum absolute atomic E-state index is 0.0284. The maximum atomic E-state index is 12.4. The first-order valence-electron chi connectivity index (χ1n) is 7.22. The van der Waals surface area contributed by atoms with Gasteiger partial charge in [-0.25, -0.2) is 0 Å². The lowest BCUT2D eigenvalue weighted by Gasteiger charge is -2.31. The van der Waals surface area contributed by atoms with Gasteiger partial charge in [-0.05, 0) is 37.5 Å². The summed E-state index contributed by atoms with van der Waals surface area (Å²) in [6.07, 6.45) is 1.67. The summed E-state index contributed by atoms with van der Waals surface area (Å²) >= 11 is 0. The van der Waals surface area contributed by atoms with Gasteiger partial charge in [-0.15, -0.1) is 0 Å². The van der Waals surface area contributed by atoms with E-state index in [9.17, 15) is 9.59 Å². The predicted molar refractivity (Wildman–Crippen MR) is 81.3 cm³/mol. The smallest absolute Gasteiger partial charge is 0.229 e. The molecule has 0 saturated carbocycles. The van der Waals surface area contributed by atoms with Gasteiger partial charge in [0.05, 0.1) is 18.7 Å². The number of hydrogen-bond acceptors (Lipinski definition) is 3. The second kappa shape index (κ2) is 6.61. The third-order valence-electron chi connectivity index (χ3n) is 3.85. The molecule has 1 aliphatic rings. The highest BCUT2D eigenvalue weighted by atomic mass is 16.5. The SMILES string of the molecule is COc1ccc(C)cc1NC(=O)[C@H]1CCCN(C(C)=O)C1. The van der Waals surface area contributed by atoms with Gasteiger partial charge in [-0.2, -0.15) is 0 Å². The van der Waals surface area contributed by atoms with Crippen LogP contribution in [0.15, 0.2) is 18.2 Å². The molecule has 1 atom stereocenters. The van der Waals surface area contributed by atoms with E-state index in [-0.39, 0.29) is 17.7 Å². The van der Waals surface area contributed by atoms with Crippen molar-refractivity contribution < 1.29 is 14.3 Å². The number of rotatable bonds is 3. The Morgan fingerprint density at radius 2 is 2.14 bits per heavy atom. The highest BCUT2D eigenvalue weighted by molar-refractivity contribution is 5.94. The van der Waals surface area contributed by atoms with Gasteiger partial charge in [0.2, 0.25) is 11.8 Å². The molecule has 0 spiro atoms. The topological polar surface area (TPSA) is 58.6 Å². The number of likely N-dealkylation sites (tertiary alicyclic amines) is 1. The molecule has 2 amide bonds. The molecule has 0 aliphatic carbocycles. The lowest BCUT2D eigenvalue weighted by molar-refractivity contribution is -0.132. The molecule has 1 aliphatic heterocycles. The molecular formula is C16H22N2O3. The zero-order chi connectivity index (χ0) is 15.4. The summed E-state index contributed by atoms with van der Waals surface area (Å²) in [4.78, 5) is 25.6. The molecule has 1 N–H and O–H groups in total. The van der Waals surface area contributed by atoms with Crippen molar-refractivity contribution >= 4 is 17.5 Å². The van der Waals surface area contributed by atoms with Gasteiger partial charge in [0.25, 0.3) is 0 Å². The molecule has 1 fully saturated rings. The molecule has 1 heterocycles. The number of carbonyl (C=O) groups excluding carboxylic acids is 2. The maximum Gasteiger partial charge on any atom is 0.229 e. The Hall–Kier alpha value is -2.04. The van der Waals surface area contributed by atoms with Crippen LogP contribution >= 0.6 is 0 Å². The Kier molecular flexibility index (Phi) is 4.83. The lowest BCUT2D eigenvalue weighted by Crippen LogP contribution is -2.42. The number of benzene rings is 1. The summed E-state index contributed by atoms with van der Waals surface area (Å²) in [5, 5.41) is 2.93. The molecule has 21 heavy (non-hydrogen) atoms. The number of aryl methyl sites for hydroxylation is 1. The van der Waals surface area contributed by atoms with E-state index < -0.39 is 0 Å². The quantitative estimate of drug-likeness (QED) is 0.928. The zero-order valence-corrected chi connectivity index (χ0v) is 12.8. The summed E-state index contributed by atoms with van der Waals surface area (Å²) in [5.41, 5.74) is 1.74. The van der Waals surface area contributed by atoms with Crippen molar-refractivity contribution in [3.05, 3.63) is 23.8 Å². The van der Waals surface area contributed by atoms with E-state index in [4.69, 9.17) is 4.74 Å². The number of ether oxygens (including phenoxy) is 1. The summed E-state index contributed by atoms with van der Waals surface area (Å²) in [6.45, 7) is 4.75. The third-order valence-corrected chi connectivity index (χ3v) is 3.85. The Morgan fingerprint density at radius 3 is 2.81 bits per heavy atom. The molecule has 5 heteroatoms. The number of hydrogen-bond donors (Lipinski definition) is 1. The van der Waals surface area contributed by atoms with Crippen molar-refractivity contribution in [1.82, 2.24) is 4.90 Å². The lowest BCUT2D eigenvalue weighted by atomic mass is 9.97. The first kappa shape index (κ1) is 15.4. The monoisotopic (exact) mass is 290 g/mol. The molecule has 0 aromatic heterocycles. The van der Waals surface area contributed by atoms with Crippen molar-refractivity contribution in [2.45, 2.75) is 26.7 Å². The summed E-state index contributed by atoms with van der Waals surface area (Å²) in [7, 11) is 1.58. The molecule has 114 valence electrons. The fourth-order valence-corrected chi connectivity index (χ4v) is 2.63. The number of piperidine rings is 1.